The second kappa shape index (κ2) is 16.3. The third-order valence-electron chi connectivity index (χ3n) is 7.50. The van der Waals surface area contributed by atoms with Crippen LogP contribution < -0.4 is 10.2 Å². The van der Waals surface area contributed by atoms with E-state index in [1.165, 1.54) is 23.2 Å². The van der Waals surface area contributed by atoms with E-state index in [1.54, 1.807) is 23.1 Å². The zero-order valence-electron chi connectivity index (χ0n) is 25.5. The van der Waals surface area contributed by atoms with Gasteiger partial charge in [-0.1, -0.05) is 61.9 Å². The van der Waals surface area contributed by atoms with Gasteiger partial charge in [-0.2, -0.15) is 11.8 Å². The van der Waals surface area contributed by atoms with Crippen LogP contribution in [0.2, 0.25) is 0 Å². The summed E-state index contributed by atoms with van der Waals surface area (Å²) in [5, 5.41) is 2.95. The number of aromatic nitrogens is 1. The van der Waals surface area contributed by atoms with Gasteiger partial charge in [0.2, 0.25) is 0 Å². The van der Waals surface area contributed by atoms with Crippen LogP contribution in [0.25, 0.3) is 11.1 Å². The third kappa shape index (κ3) is 8.71. The van der Waals surface area contributed by atoms with Crippen LogP contribution in [0.3, 0.4) is 0 Å². The number of nitrogens with zero attached hydrogens (tertiary/aromatic N) is 2. The molecule has 1 atom stereocenters. The molecule has 0 bridgehead atoms. The molecule has 4 rings (SSSR count). The largest absolute Gasteiger partial charge is 0.467 e. The Bertz CT molecular complexity index is 1490. The molecule has 1 amide bonds. The number of amides is 1. The SMILES string of the molecule is CCCCc1ccccc1N(Cc1ccc(C(=O)NC(CCSC)C(=O)OC)c(-c2ccccc2C)c1)Cc1cncs1. The molecule has 0 saturated heterocycles. The number of unbranched alkanes of at least 4 members (excludes halogenated alkanes) is 1. The van der Waals surface area contributed by atoms with Crippen molar-refractivity contribution in [2.24, 2.45) is 0 Å². The average molecular weight is 616 g/mol. The minimum Gasteiger partial charge on any atom is -0.467 e. The van der Waals surface area contributed by atoms with Gasteiger partial charge in [-0.3, -0.25) is 9.78 Å². The number of ether oxygens (including phenoxy) is 1. The first-order chi connectivity index (χ1) is 20.9. The molecule has 3 aromatic carbocycles. The fourth-order valence-electron chi connectivity index (χ4n) is 5.20. The zero-order chi connectivity index (χ0) is 30.6. The summed E-state index contributed by atoms with van der Waals surface area (Å²) in [4.78, 5) is 34.1. The quantitative estimate of drug-likeness (QED) is 0.138. The van der Waals surface area contributed by atoms with Crippen molar-refractivity contribution in [3.8, 4) is 11.1 Å². The van der Waals surface area contributed by atoms with Crippen molar-refractivity contribution in [1.82, 2.24) is 10.3 Å². The number of thioether (sulfide) groups is 1. The Kier molecular flexibility index (Phi) is 12.2. The third-order valence-corrected chi connectivity index (χ3v) is 8.91. The molecule has 1 aromatic heterocycles. The van der Waals surface area contributed by atoms with E-state index in [9.17, 15) is 9.59 Å². The number of carbonyl (C=O) groups excluding carboxylic acids is 2. The molecule has 0 spiro atoms. The number of anilines is 1. The molecule has 8 heteroatoms. The van der Waals surface area contributed by atoms with E-state index < -0.39 is 12.0 Å². The summed E-state index contributed by atoms with van der Waals surface area (Å²) >= 11 is 3.29. The Labute approximate surface area is 263 Å². The molecule has 0 fully saturated rings. The lowest BCUT2D eigenvalue weighted by Crippen LogP contribution is -2.42. The Morgan fingerprint density at radius 1 is 1.05 bits per heavy atom. The smallest absolute Gasteiger partial charge is 0.328 e. The van der Waals surface area contributed by atoms with E-state index in [0.717, 1.165) is 53.8 Å². The molecular weight excluding hydrogens is 575 g/mol. The molecule has 6 nitrogen and oxygen atoms in total. The molecule has 0 aliphatic heterocycles. The first-order valence-electron chi connectivity index (χ1n) is 14.7. The second-order valence-corrected chi connectivity index (χ2v) is 12.5. The van der Waals surface area contributed by atoms with Gasteiger partial charge in [0, 0.05) is 28.9 Å². The Hall–Kier alpha value is -3.62. The molecule has 0 radical (unpaired) electrons. The van der Waals surface area contributed by atoms with Gasteiger partial charge < -0.3 is 15.0 Å². The van der Waals surface area contributed by atoms with Crippen LogP contribution in [0.5, 0.6) is 0 Å². The van der Waals surface area contributed by atoms with Crippen LogP contribution in [0.1, 0.15) is 58.1 Å². The van der Waals surface area contributed by atoms with E-state index in [0.29, 0.717) is 18.5 Å². The normalized spacial score (nSPS) is 11.6. The summed E-state index contributed by atoms with van der Waals surface area (Å²) < 4.78 is 4.99. The van der Waals surface area contributed by atoms with Crippen molar-refractivity contribution in [3.63, 3.8) is 0 Å². The lowest BCUT2D eigenvalue weighted by Gasteiger charge is -2.27. The highest BCUT2D eigenvalue weighted by Gasteiger charge is 2.24. The lowest BCUT2D eigenvalue weighted by molar-refractivity contribution is -0.142. The number of carbonyl (C=O) groups is 2. The molecule has 4 aromatic rings. The fraction of sp³-hybridized carbons (Fsp3) is 0.343. The van der Waals surface area contributed by atoms with Gasteiger partial charge in [-0.15, -0.1) is 11.3 Å². The van der Waals surface area contributed by atoms with Crippen molar-refractivity contribution >= 4 is 40.7 Å². The number of esters is 1. The summed E-state index contributed by atoms with van der Waals surface area (Å²) in [6.07, 6.45) is 7.72. The van der Waals surface area contributed by atoms with Crippen LogP contribution in [-0.4, -0.2) is 42.0 Å². The number of hydrogen-bond acceptors (Lipinski definition) is 7. The maximum Gasteiger partial charge on any atom is 0.328 e. The second-order valence-electron chi connectivity index (χ2n) is 10.6. The van der Waals surface area contributed by atoms with Crippen LogP contribution in [-0.2, 0) is 29.0 Å². The highest BCUT2D eigenvalue weighted by molar-refractivity contribution is 7.98. The highest BCUT2D eigenvalue weighted by Crippen LogP contribution is 2.31. The number of benzene rings is 3. The molecule has 1 N–H and O–H groups in total. The van der Waals surface area contributed by atoms with E-state index in [4.69, 9.17) is 4.74 Å². The summed E-state index contributed by atoms with van der Waals surface area (Å²) in [5.74, 6) is 0.0172. The van der Waals surface area contributed by atoms with Gasteiger partial charge >= 0.3 is 5.97 Å². The molecule has 1 unspecified atom stereocenters. The molecule has 226 valence electrons. The predicted molar refractivity (Wildman–Crippen MR) is 180 cm³/mol. The van der Waals surface area contributed by atoms with E-state index in [-0.39, 0.29) is 5.91 Å². The summed E-state index contributed by atoms with van der Waals surface area (Å²) in [7, 11) is 1.35. The number of rotatable bonds is 15. The first kappa shape index (κ1) is 32.3. The standard InChI is InChI=1S/C35H41N3O3S2/c1-5-6-12-27-13-8-10-15-33(27)38(23-28-21-36-24-43-28)22-26-16-17-30(31(20-26)29-14-9-7-11-25(29)2)34(39)37-32(18-19-42-4)35(40)41-3/h7-11,13-17,20-21,24,32H,5-6,12,18-19,22-23H2,1-4H3,(H,37,39). The van der Waals surface area contributed by atoms with Gasteiger partial charge in [-0.05, 0) is 84.2 Å². The lowest BCUT2D eigenvalue weighted by atomic mass is 9.93. The van der Waals surface area contributed by atoms with Crippen LogP contribution in [0.4, 0.5) is 5.69 Å². The van der Waals surface area contributed by atoms with Gasteiger partial charge in [0.05, 0.1) is 19.2 Å². The molecule has 0 aliphatic rings. The predicted octanol–water partition coefficient (Wildman–Crippen LogP) is 7.69. The van der Waals surface area contributed by atoms with Crippen molar-refractivity contribution < 1.29 is 14.3 Å². The summed E-state index contributed by atoms with van der Waals surface area (Å²) in [5.41, 5.74) is 8.98. The molecule has 43 heavy (non-hydrogen) atoms. The minimum absolute atomic E-state index is 0.285. The summed E-state index contributed by atoms with van der Waals surface area (Å²) in [6, 6.07) is 22.1. The fourth-order valence-corrected chi connectivity index (χ4v) is 6.28. The highest BCUT2D eigenvalue weighted by atomic mass is 32.2. The minimum atomic E-state index is -0.705. The Morgan fingerprint density at radius 3 is 2.56 bits per heavy atom. The molecule has 1 heterocycles. The van der Waals surface area contributed by atoms with Gasteiger partial charge in [-0.25, -0.2) is 4.79 Å². The number of methoxy groups -OCH3 is 1. The topological polar surface area (TPSA) is 71.5 Å². The van der Waals surface area contributed by atoms with Crippen molar-refractivity contribution in [1.29, 1.82) is 0 Å². The number of hydrogen-bond donors (Lipinski definition) is 1. The Morgan fingerprint density at radius 2 is 1.84 bits per heavy atom. The number of aryl methyl sites for hydroxylation is 2. The van der Waals surface area contributed by atoms with Crippen LogP contribution >= 0.6 is 23.1 Å². The van der Waals surface area contributed by atoms with Crippen molar-refractivity contribution in [3.05, 3.63) is 106 Å². The number of thiazole rings is 1. The van der Waals surface area contributed by atoms with E-state index >= 15 is 0 Å². The van der Waals surface area contributed by atoms with Gasteiger partial charge in [0.15, 0.2) is 0 Å². The zero-order valence-corrected chi connectivity index (χ0v) is 27.1. The van der Waals surface area contributed by atoms with E-state index in [2.05, 4.69) is 65.4 Å². The van der Waals surface area contributed by atoms with Crippen molar-refractivity contribution in [2.75, 3.05) is 24.0 Å². The number of nitrogens with one attached hydrogen (secondary N) is 1. The maximum atomic E-state index is 13.7. The monoisotopic (exact) mass is 615 g/mol. The number of para-hydroxylation sites is 1. The van der Waals surface area contributed by atoms with Crippen molar-refractivity contribution in [2.45, 2.75) is 58.7 Å². The molecule has 0 saturated carbocycles. The van der Waals surface area contributed by atoms with Gasteiger partial charge in [0.1, 0.15) is 6.04 Å². The van der Waals surface area contributed by atoms with E-state index in [1.807, 2.05) is 48.3 Å². The Balaban J connectivity index is 1.73. The van der Waals surface area contributed by atoms with Gasteiger partial charge in [0.25, 0.3) is 5.91 Å². The van der Waals surface area contributed by atoms with Crippen LogP contribution in [0.15, 0.2) is 78.4 Å². The maximum absolute atomic E-state index is 13.7. The first-order valence-corrected chi connectivity index (χ1v) is 17.0. The molecule has 0 aliphatic carbocycles. The van der Waals surface area contributed by atoms with Crippen LogP contribution in [0, 0.1) is 6.92 Å². The summed E-state index contributed by atoms with van der Waals surface area (Å²) in [6.45, 7) is 5.68. The average Bonchev–Trinajstić information content (AvgIpc) is 3.55. The molecular formula is C35H41N3O3S2.